The molecule has 0 spiro atoms. The first-order chi connectivity index (χ1) is 14.4. The van der Waals surface area contributed by atoms with Crippen molar-refractivity contribution in [1.82, 2.24) is 25.1 Å². The number of carbonyl (C=O) groups excluding carboxylic acids is 1. The van der Waals surface area contributed by atoms with Crippen LogP contribution in [0.5, 0.6) is 5.75 Å². The molecule has 2 heterocycles. The molecule has 162 valence electrons. The van der Waals surface area contributed by atoms with Crippen LogP contribution >= 0.6 is 0 Å². The van der Waals surface area contributed by atoms with E-state index in [0.29, 0.717) is 18.0 Å². The quantitative estimate of drug-likeness (QED) is 0.682. The topological polar surface area (TPSA) is 107 Å². The van der Waals surface area contributed by atoms with Crippen LogP contribution in [0.4, 0.5) is 0 Å². The zero-order valence-corrected chi connectivity index (χ0v) is 17.9. The Labute approximate surface area is 176 Å². The average molecular weight is 434 g/mol. The lowest BCUT2D eigenvalue weighted by Crippen LogP contribution is -2.50. The second kappa shape index (κ2) is 8.71. The molecule has 1 amide bonds. The second-order valence-electron chi connectivity index (χ2n) is 8.03. The van der Waals surface area contributed by atoms with E-state index in [-0.39, 0.29) is 36.0 Å². The van der Waals surface area contributed by atoms with Crippen LogP contribution < -0.4 is 4.74 Å². The molecule has 0 bridgehead atoms. The predicted molar refractivity (Wildman–Crippen MR) is 111 cm³/mol. The van der Waals surface area contributed by atoms with Gasteiger partial charge < -0.3 is 9.64 Å². The van der Waals surface area contributed by atoms with Crippen LogP contribution in [-0.2, 0) is 21.2 Å². The Morgan fingerprint density at radius 1 is 1.20 bits per heavy atom. The van der Waals surface area contributed by atoms with Gasteiger partial charge in [-0.25, -0.2) is 8.42 Å². The summed E-state index contributed by atoms with van der Waals surface area (Å²) in [7, 11) is -1.49. The van der Waals surface area contributed by atoms with Gasteiger partial charge >= 0.3 is 0 Å². The van der Waals surface area contributed by atoms with Gasteiger partial charge in [-0.15, -0.1) is 10.2 Å². The minimum atomic E-state index is -3.08. The van der Waals surface area contributed by atoms with E-state index in [9.17, 15) is 13.2 Å². The van der Waals surface area contributed by atoms with Crippen molar-refractivity contribution in [1.29, 1.82) is 0 Å². The summed E-state index contributed by atoms with van der Waals surface area (Å²) < 4.78 is 29.3. The lowest BCUT2D eigenvalue weighted by atomic mass is 9.93. The monoisotopic (exact) mass is 433 g/mol. The fraction of sp³-hybridized carbons (Fsp3) is 0.600. The molecule has 0 N–H and O–H groups in total. The maximum Gasteiger partial charge on any atom is 0.246 e. The van der Waals surface area contributed by atoms with Gasteiger partial charge in [0.15, 0.2) is 9.84 Å². The van der Waals surface area contributed by atoms with Crippen LogP contribution in [-0.4, -0.2) is 70.1 Å². The molecule has 2 fully saturated rings. The summed E-state index contributed by atoms with van der Waals surface area (Å²) >= 11 is 0. The van der Waals surface area contributed by atoms with E-state index in [4.69, 9.17) is 4.74 Å². The van der Waals surface area contributed by atoms with Gasteiger partial charge in [-0.3, -0.25) is 4.79 Å². The van der Waals surface area contributed by atoms with E-state index in [1.165, 1.54) is 4.80 Å². The molecular formula is C20H27N5O4S. The summed E-state index contributed by atoms with van der Waals surface area (Å²) in [5.74, 6) is 1.16. The first kappa shape index (κ1) is 20.8. The Morgan fingerprint density at radius 3 is 2.70 bits per heavy atom. The lowest BCUT2D eigenvalue weighted by Gasteiger charge is -2.38. The van der Waals surface area contributed by atoms with E-state index < -0.39 is 9.84 Å². The molecule has 4 rings (SSSR count). The van der Waals surface area contributed by atoms with Crippen molar-refractivity contribution in [3.8, 4) is 17.1 Å². The van der Waals surface area contributed by atoms with Crippen molar-refractivity contribution < 1.29 is 17.9 Å². The summed E-state index contributed by atoms with van der Waals surface area (Å²) in [4.78, 5) is 16.3. The number of amides is 1. The molecular weight excluding hydrogens is 406 g/mol. The Morgan fingerprint density at radius 2 is 2.00 bits per heavy atom. The van der Waals surface area contributed by atoms with Crippen LogP contribution in [0, 0.1) is 0 Å². The van der Waals surface area contributed by atoms with E-state index >= 15 is 0 Å². The molecule has 1 saturated heterocycles. The molecule has 30 heavy (non-hydrogen) atoms. The largest absolute Gasteiger partial charge is 0.497 e. The first-order valence-electron chi connectivity index (χ1n) is 10.4. The lowest BCUT2D eigenvalue weighted by molar-refractivity contribution is -0.137. The first-order valence-corrected chi connectivity index (χ1v) is 12.2. The number of methoxy groups -OCH3 is 1. The van der Waals surface area contributed by atoms with Gasteiger partial charge in [0.25, 0.3) is 0 Å². The van der Waals surface area contributed by atoms with Crippen LogP contribution in [0.3, 0.4) is 0 Å². The molecule has 1 aromatic heterocycles. The van der Waals surface area contributed by atoms with Gasteiger partial charge in [0.1, 0.15) is 12.3 Å². The Bertz CT molecular complexity index is 1000. The molecule has 9 nitrogen and oxygen atoms in total. The number of tetrazole rings is 1. The van der Waals surface area contributed by atoms with Crippen molar-refractivity contribution in [2.24, 2.45) is 0 Å². The highest BCUT2D eigenvalue weighted by atomic mass is 32.2. The standard InChI is InChI=1S/C20H27N5O4S/c1-29-18-9-5-6-15(12-18)20-21-23-24(22-20)13-19(26)25(16-7-3-2-4-8-16)17-10-11-30(27,28)14-17/h5-6,9,12,16-17H,2-4,7-8,10-11,13-14H2,1H3/t17-/m1/s1. The highest BCUT2D eigenvalue weighted by Crippen LogP contribution is 2.28. The van der Waals surface area contributed by atoms with Crippen LogP contribution in [0.1, 0.15) is 38.5 Å². The summed E-state index contributed by atoms with van der Waals surface area (Å²) in [5, 5.41) is 12.5. The highest BCUT2D eigenvalue weighted by molar-refractivity contribution is 7.91. The Balaban J connectivity index is 1.51. The normalized spacial score (nSPS) is 21.4. The van der Waals surface area contributed by atoms with Gasteiger partial charge in [0.2, 0.25) is 11.7 Å². The smallest absolute Gasteiger partial charge is 0.246 e. The SMILES string of the molecule is COc1cccc(-c2nnn(CC(=O)N(C3CCCCC3)[C@@H]3CCS(=O)(=O)C3)n2)c1. The molecule has 1 aliphatic heterocycles. The van der Waals surface area contributed by atoms with Crippen molar-refractivity contribution in [3.05, 3.63) is 24.3 Å². The number of hydrogen-bond acceptors (Lipinski definition) is 7. The molecule has 0 unspecified atom stereocenters. The van der Waals surface area contributed by atoms with Crippen molar-refractivity contribution >= 4 is 15.7 Å². The van der Waals surface area contributed by atoms with Crippen molar-refractivity contribution in [2.45, 2.75) is 57.2 Å². The summed E-state index contributed by atoms with van der Waals surface area (Å²) in [6.07, 6.45) is 5.63. The predicted octanol–water partition coefficient (Wildman–Crippen LogP) is 1.70. The van der Waals surface area contributed by atoms with Crippen LogP contribution in [0.25, 0.3) is 11.4 Å². The molecule has 1 atom stereocenters. The number of rotatable bonds is 6. The fourth-order valence-electron chi connectivity index (χ4n) is 4.45. The molecule has 2 aliphatic rings. The summed E-state index contributed by atoms with van der Waals surface area (Å²) in [5.41, 5.74) is 0.749. The van der Waals surface area contributed by atoms with Gasteiger partial charge in [-0.05, 0) is 36.6 Å². The fourth-order valence-corrected chi connectivity index (χ4v) is 6.16. The zero-order valence-electron chi connectivity index (χ0n) is 17.1. The number of sulfone groups is 1. The average Bonchev–Trinajstić information content (AvgIpc) is 3.35. The van der Waals surface area contributed by atoms with Crippen LogP contribution in [0.2, 0.25) is 0 Å². The van der Waals surface area contributed by atoms with Gasteiger partial charge in [0, 0.05) is 17.6 Å². The van der Waals surface area contributed by atoms with E-state index in [1.54, 1.807) is 13.2 Å². The van der Waals surface area contributed by atoms with Gasteiger partial charge in [-0.1, -0.05) is 31.4 Å². The number of benzene rings is 1. The van der Waals surface area contributed by atoms with E-state index in [0.717, 1.165) is 37.7 Å². The number of hydrogen-bond donors (Lipinski definition) is 0. The molecule has 10 heteroatoms. The molecule has 1 saturated carbocycles. The Hall–Kier alpha value is -2.49. The maximum atomic E-state index is 13.2. The van der Waals surface area contributed by atoms with Gasteiger partial charge in [-0.2, -0.15) is 4.80 Å². The zero-order chi connectivity index (χ0) is 21.1. The van der Waals surface area contributed by atoms with E-state index in [2.05, 4.69) is 15.4 Å². The molecule has 2 aromatic rings. The summed E-state index contributed by atoms with van der Waals surface area (Å²) in [6.45, 7) is -0.0516. The minimum Gasteiger partial charge on any atom is -0.497 e. The highest BCUT2D eigenvalue weighted by Gasteiger charge is 2.38. The number of aromatic nitrogens is 4. The molecule has 1 aromatic carbocycles. The van der Waals surface area contributed by atoms with Crippen LogP contribution in [0.15, 0.2) is 24.3 Å². The van der Waals surface area contributed by atoms with Crippen molar-refractivity contribution in [3.63, 3.8) is 0 Å². The molecule has 1 aliphatic carbocycles. The minimum absolute atomic E-state index is 0.0507. The maximum absolute atomic E-state index is 13.2. The summed E-state index contributed by atoms with van der Waals surface area (Å²) in [6, 6.07) is 7.16. The number of carbonyl (C=O) groups is 1. The number of ether oxygens (including phenoxy) is 1. The third kappa shape index (κ3) is 4.63. The number of nitrogens with zero attached hydrogens (tertiary/aromatic N) is 5. The third-order valence-electron chi connectivity index (χ3n) is 5.92. The third-order valence-corrected chi connectivity index (χ3v) is 7.67. The molecule has 0 radical (unpaired) electrons. The Kier molecular flexibility index (Phi) is 6.03. The van der Waals surface area contributed by atoms with E-state index in [1.807, 2.05) is 23.1 Å². The second-order valence-corrected chi connectivity index (χ2v) is 10.3. The van der Waals surface area contributed by atoms with Crippen molar-refractivity contribution in [2.75, 3.05) is 18.6 Å². The van der Waals surface area contributed by atoms with Gasteiger partial charge in [0.05, 0.1) is 18.6 Å².